The van der Waals surface area contributed by atoms with Gasteiger partial charge in [-0.3, -0.25) is 19.1 Å². The number of fused-ring (bicyclic) bond motifs is 1. The first-order valence-electron chi connectivity index (χ1n) is 11.6. The Balaban J connectivity index is 1.44. The van der Waals surface area contributed by atoms with Gasteiger partial charge in [-0.1, -0.05) is 12.1 Å². The fraction of sp³-hybridized carbons (Fsp3) is 0.214. The van der Waals surface area contributed by atoms with Crippen LogP contribution in [-0.4, -0.2) is 53.7 Å². The van der Waals surface area contributed by atoms with Crippen molar-refractivity contribution in [3.63, 3.8) is 0 Å². The summed E-state index contributed by atoms with van der Waals surface area (Å²) in [5.74, 6) is -1.84. The maximum Gasteiger partial charge on any atom is 0.194 e. The summed E-state index contributed by atoms with van der Waals surface area (Å²) in [6.45, 7) is 2.30. The third-order valence-corrected chi connectivity index (χ3v) is 6.37. The Morgan fingerprint density at radius 2 is 1.83 bits per heavy atom. The number of rotatable bonds is 8. The van der Waals surface area contributed by atoms with E-state index in [2.05, 4.69) is 9.88 Å². The van der Waals surface area contributed by atoms with E-state index in [9.17, 15) is 23.1 Å². The van der Waals surface area contributed by atoms with Crippen molar-refractivity contribution >= 4 is 16.7 Å². The topological polar surface area (TPSA) is 62.7 Å². The molecule has 1 aliphatic rings. The van der Waals surface area contributed by atoms with Gasteiger partial charge in [-0.2, -0.15) is 0 Å². The highest BCUT2D eigenvalue weighted by atomic mass is 19.2. The summed E-state index contributed by atoms with van der Waals surface area (Å²) in [5, 5.41) is 10.3. The van der Waals surface area contributed by atoms with Crippen LogP contribution in [0.3, 0.4) is 0 Å². The van der Waals surface area contributed by atoms with Gasteiger partial charge >= 0.3 is 0 Å². The zero-order valence-electron chi connectivity index (χ0n) is 19.3. The molecule has 1 N–H and O–H groups in total. The largest absolute Gasteiger partial charge is 0.508 e. The number of carbonyl (C=O) groups is 1. The predicted octanol–water partition coefficient (Wildman–Crippen LogP) is 5.40. The molecule has 8 heteroatoms. The Bertz CT molecular complexity index is 1420. The van der Waals surface area contributed by atoms with Gasteiger partial charge < -0.3 is 9.84 Å². The number of carbonyl (C=O) groups excluding carboxylic acids is 1. The highest BCUT2D eigenvalue weighted by Crippen LogP contribution is 2.34. The number of ketones is 1. The van der Waals surface area contributed by atoms with Gasteiger partial charge in [0.15, 0.2) is 17.4 Å². The van der Waals surface area contributed by atoms with E-state index in [4.69, 9.17) is 4.74 Å². The van der Waals surface area contributed by atoms with Crippen molar-refractivity contribution in [3.05, 3.63) is 89.6 Å². The first kappa shape index (κ1) is 23.8. The lowest BCUT2D eigenvalue weighted by atomic mass is 9.91. The van der Waals surface area contributed by atoms with Crippen LogP contribution in [0.15, 0.2) is 66.9 Å². The number of pyridine rings is 1. The highest BCUT2D eigenvalue weighted by Gasteiger charge is 2.26. The van der Waals surface area contributed by atoms with Gasteiger partial charge in [-0.25, -0.2) is 8.78 Å². The number of phenolic OH excluding ortho intramolecular Hbond substituents is 1. The van der Waals surface area contributed by atoms with Crippen LogP contribution in [-0.2, 0) is 0 Å². The lowest BCUT2D eigenvalue weighted by Crippen LogP contribution is -2.49. The number of likely N-dealkylation sites (tertiary alicyclic amines) is 1. The number of phenols is 1. The van der Waals surface area contributed by atoms with Crippen LogP contribution < -0.4 is 4.74 Å². The van der Waals surface area contributed by atoms with Crippen LogP contribution in [0.4, 0.5) is 13.2 Å². The van der Waals surface area contributed by atoms with Crippen LogP contribution in [0.25, 0.3) is 22.0 Å². The molecular formula is C28H23F3N2O3. The predicted molar refractivity (Wildman–Crippen MR) is 130 cm³/mol. The van der Waals surface area contributed by atoms with Crippen LogP contribution >= 0.6 is 0 Å². The highest BCUT2D eigenvalue weighted by molar-refractivity contribution is 6.19. The summed E-state index contributed by atoms with van der Waals surface area (Å²) in [7, 11) is 0. The Morgan fingerprint density at radius 1 is 1.06 bits per heavy atom. The lowest BCUT2D eigenvalue weighted by molar-refractivity contribution is 0.0668. The van der Waals surface area contributed by atoms with E-state index in [0.717, 1.165) is 19.2 Å². The molecule has 36 heavy (non-hydrogen) atoms. The molecule has 0 unspecified atom stereocenters. The zero-order valence-corrected chi connectivity index (χ0v) is 19.3. The normalized spacial score (nSPS) is 14.1. The molecule has 3 aromatic carbocycles. The SMILES string of the molecule is O=C(c1ccc(OCCN2CC(CF)C2)cc1)c1c(-c2cccc(F)c2F)cnc2cc(O)ccc12. The monoisotopic (exact) mass is 492 g/mol. The van der Waals surface area contributed by atoms with Crippen LogP contribution in [0, 0.1) is 17.6 Å². The molecule has 0 amide bonds. The van der Waals surface area contributed by atoms with E-state index >= 15 is 0 Å². The minimum atomic E-state index is -1.07. The summed E-state index contributed by atoms with van der Waals surface area (Å²) in [6.07, 6.45) is 1.31. The zero-order chi connectivity index (χ0) is 25.2. The summed E-state index contributed by atoms with van der Waals surface area (Å²) in [4.78, 5) is 20.0. The van der Waals surface area contributed by atoms with Gasteiger partial charge in [-0.15, -0.1) is 0 Å². The second kappa shape index (κ2) is 9.99. The van der Waals surface area contributed by atoms with E-state index in [0.29, 0.717) is 35.4 Å². The number of aromatic nitrogens is 1. The first-order chi connectivity index (χ1) is 17.4. The van der Waals surface area contributed by atoms with E-state index in [1.54, 1.807) is 24.3 Å². The average molecular weight is 492 g/mol. The number of hydrogen-bond acceptors (Lipinski definition) is 5. The van der Waals surface area contributed by atoms with Crippen molar-refractivity contribution in [1.29, 1.82) is 0 Å². The molecular weight excluding hydrogens is 469 g/mol. The molecule has 4 aromatic rings. The van der Waals surface area contributed by atoms with Crippen molar-refractivity contribution in [2.45, 2.75) is 0 Å². The van der Waals surface area contributed by atoms with Gasteiger partial charge in [-0.05, 0) is 42.5 Å². The molecule has 2 heterocycles. The number of halogens is 3. The maximum atomic E-state index is 14.7. The Morgan fingerprint density at radius 3 is 2.58 bits per heavy atom. The minimum absolute atomic E-state index is 0.0296. The molecule has 5 nitrogen and oxygen atoms in total. The van der Waals surface area contributed by atoms with Crippen molar-refractivity contribution in [1.82, 2.24) is 9.88 Å². The Hall–Kier alpha value is -3.91. The van der Waals surface area contributed by atoms with Gasteiger partial charge in [0.1, 0.15) is 18.1 Å². The van der Waals surface area contributed by atoms with Crippen molar-refractivity contribution < 1.29 is 27.8 Å². The summed E-state index contributed by atoms with van der Waals surface area (Å²) >= 11 is 0. The van der Waals surface area contributed by atoms with Gasteiger partial charge in [0.05, 0.1) is 12.2 Å². The maximum absolute atomic E-state index is 14.7. The standard InChI is InChI=1S/C28H23F3N2O3/c29-13-17-15-33(16-17)10-11-36-20-7-4-18(5-8-20)28(35)26-22-9-6-19(34)12-25(22)32-14-23(26)21-2-1-3-24(30)27(21)31/h1-9,12,14,17,34H,10-11,13,15-16H2. The van der Waals surface area contributed by atoms with Crippen molar-refractivity contribution in [2.24, 2.45) is 5.92 Å². The van der Waals surface area contributed by atoms with E-state index < -0.39 is 17.4 Å². The molecule has 1 saturated heterocycles. The molecule has 0 spiro atoms. The second-order valence-electron chi connectivity index (χ2n) is 8.83. The third-order valence-electron chi connectivity index (χ3n) is 6.37. The molecule has 184 valence electrons. The molecule has 1 aromatic heterocycles. The Kier molecular flexibility index (Phi) is 6.61. The molecule has 0 radical (unpaired) electrons. The third kappa shape index (κ3) is 4.64. The number of alkyl halides is 1. The number of aromatic hydroxyl groups is 1. The molecule has 0 saturated carbocycles. The minimum Gasteiger partial charge on any atom is -0.508 e. The number of nitrogens with zero attached hydrogens (tertiary/aromatic N) is 2. The molecule has 5 rings (SSSR count). The van der Waals surface area contributed by atoms with Gasteiger partial charge in [0.25, 0.3) is 0 Å². The average Bonchev–Trinajstić information content (AvgIpc) is 2.86. The van der Waals surface area contributed by atoms with E-state index in [-0.39, 0.29) is 35.0 Å². The van der Waals surface area contributed by atoms with Crippen LogP contribution in [0.2, 0.25) is 0 Å². The summed E-state index contributed by atoms with van der Waals surface area (Å²) < 4.78 is 47.0. The quantitative estimate of drug-likeness (QED) is 0.334. The smallest absolute Gasteiger partial charge is 0.194 e. The van der Waals surface area contributed by atoms with E-state index in [1.165, 1.54) is 36.5 Å². The molecule has 0 atom stereocenters. The number of ether oxygens (including phenoxy) is 1. The van der Waals surface area contributed by atoms with Gasteiger partial charge in [0, 0.05) is 65.5 Å². The number of benzene rings is 3. The van der Waals surface area contributed by atoms with Gasteiger partial charge in [0.2, 0.25) is 0 Å². The first-order valence-corrected chi connectivity index (χ1v) is 11.6. The fourth-order valence-electron chi connectivity index (χ4n) is 4.44. The van der Waals surface area contributed by atoms with Crippen molar-refractivity contribution in [3.8, 4) is 22.6 Å². The molecule has 0 bridgehead atoms. The lowest BCUT2D eigenvalue weighted by Gasteiger charge is -2.37. The molecule has 1 fully saturated rings. The second-order valence-corrected chi connectivity index (χ2v) is 8.83. The fourth-order valence-corrected chi connectivity index (χ4v) is 4.44. The van der Waals surface area contributed by atoms with Crippen molar-refractivity contribution in [2.75, 3.05) is 32.9 Å². The molecule has 0 aliphatic carbocycles. The summed E-state index contributed by atoms with van der Waals surface area (Å²) in [6, 6.07) is 14.7. The molecule has 1 aliphatic heterocycles. The van der Waals surface area contributed by atoms with Crippen LogP contribution in [0.1, 0.15) is 15.9 Å². The number of hydrogen-bond donors (Lipinski definition) is 1. The van der Waals surface area contributed by atoms with Crippen LogP contribution in [0.5, 0.6) is 11.5 Å². The Labute approximate surface area is 205 Å². The summed E-state index contributed by atoms with van der Waals surface area (Å²) in [5.41, 5.74) is 0.895. The van der Waals surface area contributed by atoms with E-state index in [1.807, 2.05) is 0 Å².